The number of rotatable bonds is 2. The van der Waals surface area contributed by atoms with Crippen molar-refractivity contribution in [2.24, 2.45) is 11.3 Å². The molecule has 1 aromatic rings. The lowest BCUT2D eigenvalue weighted by Crippen LogP contribution is -2.22. The van der Waals surface area contributed by atoms with Crippen LogP contribution in [-0.4, -0.2) is 12.6 Å². The van der Waals surface area contributed by atoms with Crippen LogP contribution in [0.3, 0.4) is 0 Å². The maximum atomic E-state index is 11.7. The fraction of sp³-hybridized carbons (Fsp3) is 0.267. The molecule has 1 fully saturated rings. The minimum absolute atomic E-state index is 0.0669. The molecule has 0 bridgehead atoms. The Morgan fingerprint density at radius 3 is 2.88 bits per heavy atom. The van der Waals surface area contributed by atoms with Gasteiger partial charge in [-0.25, -0.2) is 0 Å². The van der Waals surface area contributed by atoms with E-state index in [9.17, 15) is 4.79 Å². The van der Waals surface area contributed by atoms with E-state index in [1.54, 1.807) is 0 Å². The topological polar surface area (TPSA) is 26.3 Å². The van der Waals surface area contributed by atoms with Gasteiger partial charge in [0.2, 0.25) is 0 Å². The monoisotopic (exact) mass is 226 g/mol. The third kappa shape index (κ3) is 1.80. The Labute approximate surface area is 101 Å². The van der Waals surface area contributed by atoms with Crippen molar-refractivity contribution in [2.75, 3.05) is 6.61 Å². The van der Waals surface area contributed by atoms with Crippen molar-refractivity contribution in [1.82, 2.24) is 0 Å². The summed E-state index contributed by atoms with van der Waals surface area (Å²) in [5.41, 5.74) is 0.825. The van der Waals surface area contributed by atoms with Gasteiger partial charge in [-0.05, 0) is 17.9 Å². The fourth-order valence-corrected chi connectivity index (χ4v) is 2.35. The summed E-state index contributed by atoms with van der Waals surface area (Å²) in [5.74, 6) is 0.231. The van der Waals surface area contributed by atoms with Crippen LogP contribution in [0.2, 0.25) is 0 Å². The van der Waals surface area contributed by atoms with E-state index in [1.165, 1.54) is 5.56 Å². The molecule has 2 atom stereocenters. The van der Waals surface area contributed by atoms with Crippen molar-refractivity contribution in [1.29, 1.82) is 0 Å². The van der Waals surface area contributed by atoms with Gasteiger partial charge < -0.3 is 4.74 Å². The molecule has 1 saturated carbocycles. The number of carbonyl (C=O) groups excluding carboxylic acids is 1. The summed E-state index contributed by atoms with van der Waals surface area (Å²) in [4.78, 5) is 11.7. The highest BCUT2D eigenvalue weighted by atomic mass is 16.5. The number of cyclic esters (lactones) is 1. The Morgan fingerprint density at radius 2 is 2.12 bits per heavy atom. The van der Waals surface area contributed by atoms with Crippen LogP contribution in [0, 0.1) is 11.3 Å². The van der Waals surface area contributed by atoms with Crippen LogP contribution >= 0.6 is 0 Å². The van der Waals surface area contributed by atoms with Gasteiger partial charge in [-0.1, -0.05) is 54.6 Å². The van der Waals surface area contributed by atoms with Gasteiger partial charge in [0, 0.05) is 0 Å². The number of hydrogen-bond donors (Lipinski definition) is 0. The van der Waals surface area contributed by atoms with Crippen molar-refractivity contribution in [2.45, 2.75) is 6.42 Å². The van der Waals surface area contributed by atoms with E-state index in [-0.39, 0.29) is 11.4 Å². The van der Waals surface area contributed by atoms with Crippen LogP contribution in [0.15, 0.2) is 48.6 Å². The zero-order chi connectivity index (χ0) is 11.7. The predicted molar refractivity (Wildman–Crippen MR) is 66.1 cm³/mol. The predicted octanol–water partition coefficient (Wildman–Crippen LogP) is 2.82. The van der Waals surface area contributed by atoms with Gasteiger partial charge in [0.1, 0.15) is 6.61 Å². The number of ether oxygens (including phenoxy) is 1. The number of hydrogen-bond acceptors (Lipinski definition) is 2. The first kappa shape index (κ1) is 10.3. The molecule has 0 N–H and O–H groups in total. The molecule has 1 heterocycles. The molecule has 2 heteroatoms. The van der Waals surface area contributed by atoms with Crippen LogP contribution in [-0.2, 0) is 9.53 Å². The Bertz CT molecular complexity index is 487. The lowest BCUT2D eigenvalue weighted by atomic mass is 10.0. The molecular formula is C15H14O2. The van der Waals surface area contributed by atoms with Gasteiger partial charge in [-0.3, -0.25) is 4.79 Å². The smallest absolute Gasteiger partial charge is 0.316 e. The zero-order valence-corrected chi connectivity index (χ0v) is 9.50. The molecule has 3 rings (SSSR count). The van der Waals surface area contributed by atoms with Gasteiger partial charge in [0.05, 0.1) is 5.41 Å². The second-order valence-electron chi connectivity index (χ2n) is 4.62. The van der Waals surface area contributed by atoms with Crippen LogP contribution in [0.4, 0.5) is 0 Å². The summed E-state index contributed by atoms with van der Waals surface area (Å²) in [6.07, 6.45) is 9.03. The van der Waals surface area contributed by atoms with Gasteiger partial charge in [0.25, 0.3) is 0 Å². The van der Waals surface area contributed by atoms with Crippen molar-refractivity contribution in [3.63, 3.8) is 0 Å². The minimum Gasteiger partial charge on any atom is -0.461 e. The van der Waals surface area contributed by atoms with Gasteiger partial charge >= 0.3 is 5.97 Å². The third-order valence-electron chi connectivity index (χ3n) is 3.49. The average Bonchev–Trinajstić information content (AvgIpc) is 3.07. The number of carbonyl (C=O) groups is 1. The second kappa shape index (κ2) is 3.88. The van der Waals surface area contributed by atoms with Crippen molar-refractivity contribution < 1.29 is 9.53 Å². The van der Waals surface area contributed by atoms with E-state index in [2.05, 4.69) is 24.3 Å². The van der Waals surface area contributed by atoms with Crippen molar-refractivity contribution in [3.8, 4) is 0 Å². The second-order valence-corrected chi connectivity index (χ2v) is 4.62. The Kier molecular flexibility index (Phi) is 2.36. The van der Waals surface area contributed by atoms with E-state index in [4.69, 9.17) is 4.74 Å². The Balaban J connectivity index is 1.73. The molecule has 2 nitrogen and oxygen atoms in total. The van der Waals surface area contributed by atoms with Crippen LogP contribution in [0.25, 0.3) is 6.08 Å². The molecule has 1 spiro atoms. The molecule has 86 valence electrons. The zero-order valence-electron chi connectivity index (χ0n) is 9.50. The molecular weight excluding hydrogens is 212 g/mol. The lowest BCUT2D eigenvalue weighted by molar-refractivity contribution is -0.148. The van der Waals surface area contributed by atoms with Crippen LogP contribution < -0.4 is 0 Å². The molecule has 0 amide bonds. The normalized spacial score (nSPS) is 30.8. The quantitative estimate of drug-likeness (QED) is 0.572. The molecule has 2 aliphatic rings. The standard InChI is InChI=1S/C15H14O2/c16-14-15(9-4-10-17-14)11-13(15)8-7-12-5-2-1-3-6-12/h1-9,13H,10-11H2/b8-7+/t13-,15-/m0/s1. The van der Waals surface area contributed by atoms with E-state index in [0.717, 1.165) is 6.42 Å². The van der Waals surface area contributed by atoms with Crippen LogP contribution in [0.5, 0.6) is 0 Å². The van der Waals surface area contributed by atoms with Crippen LogP contribution in [0.1, 0.15) is 12.0 Å². The number of allylic oxidation sites excluding steroid dienone is 1. The maximum absolute atomic E-state index is 11.7. The highest BCUT2D eigenvalue weighted by Crippen LogP contribution is 2.56. The average molecular weight is 226 g/mol. The minimum atomic E-state index is -0.344. The molecule has 1 aliphatic heterocycles. The van der Waals surface area contributed by atoms with E-state index in [0.29, 0.717) is 12.5 Å². The van der Waals surface area contributed by atoms with Gasteiger partial charge in [0.15, 0.2) is 0 Å². The van der Waals surface area contributed by atoms with Crippen molar-refractivity contribution >= 4 is 12.0 Å². The Hall–Kier alpha value is -1.83. The molecule has 0 saturated heterocycles. The van der Waals surface area contributed by atoms with E-state index in [1.807, 2.05) is 30.4 Å². The highest BCUT2D eigenvalue weighted by molar-refractivity contribution is 5.85. The SMILES string of the molecule is O=C1OCC=C[C@@]12C[C@@H]2/C=C/c1ccccc1. The number of esters is 1. The Morgan fingerprint density at radius 1 is 1.29 bits per heavy atom. The maximum Gasteiger partial charge on any atom is 0.316 e. The summed E-state index contributed by atoms with van der Waals surface area (Å²) in [6, 6.07) is 10.1. The third-order valence-corrected chi connectivity index (χ3v) is 3.49. The molecule has 17 heavy (non-hydrogen) atoms. The first-order chi connectivity index (χ1) is 8.31. The van der Waals surface area contributed by atoms with E-state index < -0.39 is 0 Å². The van der Waals surface area contributed by atoms with E-state index >= 15 is 0 Å². The van der Waals surface area contributed by atoms with Crippen molar-refractivity contribution in [3.05, 3.63) is 54.1 Å². The summed E-state index contributed by atoms with van der Waals surface area (Å²) in [7, 11) is 0. The van der Waals surface area contributed by atoms with Gasteiger partial charge in [-0.2, -0.15) is 0 Å². The molecule has 0 radical (unpaired) electrons. The first-order valence-electron chi connectivity index (χ1n) is 5.89. The molecule has 0 aromatic heterocycles. The molecule has 1 aromatic carbocycles. The highest BCUT2D eigenvalue weighted by Gasteiger charge is 2.58. The molecule has 1 aliphatic carbocycles. The summed E-state index contributed by atoms with van der Waals surface area (Å²) >= 11 is 0. The summed E-state index contributed by atoms with van der Waals surface area (Å²) < 4.78 is 5.08. The molecule has 0 unspecified atom stereocenters. The largest absolute Gasteiger partial charge is 0.461 e. The lowest BCUT2D eigenvalue weighted by Gasteiger charge is -2.14. The fourth-order valence-electron chi connectivity index (χ4n) is 2.35. The first-order valence-corrected chi connectivity index (χ1v) is 5.89. The van der Waals surface area contributed by atoms with Gasteiger partial charge in [-0.15, -0.1) is 0 Å². The summed E-state index contributed by atoms with van der Waals surface area (Å²) in [5, 5.41) is 0. The number of benzene rings is 1. The summed E-state index contributed by atoms with van der Waals surface area (Å²) in [6.45, 7) is 0.426.